The predicted molar refractivity (Wildman–Crippen MR) is 127 cm³/mol. The Labute approximate surface area is 190 Å². The van der Waals surface area contributed by atoms with Crippen LogP contribution in [0.5, 0.6) is 17.2 Å². The minimum Gasteiger partial charge on any atom is -0.493 e. The Balaban J connectivity index is 2.00. The van der Waals surface area contributed by atoms with Crippen LogP contribution in [0.2, 0.25) is 0 Å². The van der Waals surface area contributed by atoms with E-state index in [2.05, 4.69) is 20.9 Å². The van der Waals surface area contributed by atoms with E-state index in [-0.39, 0.29) is 11.9 Å². The van der Waals surface area contributed by atoms with Gasteiger partial charge in [0.2, 0.25) is 5.75 Å². The molecule has 1 amide bonds. The smallest absolute Gasteiger partial charge is 0.251 e. The standard InChI is InChI=1S/C24H34N4O4/c1-7-16(2)28-23(29)19-10-8-9-17(11-19)14-26-24(25-3)27-15-18-12-20(30-4)22(32-6)21(13-18)31-5/h8-13,16H,7,14-15H2,1-6H3,(H,28,29)(H2,25,26,27). The maximum atomic E-state index is 12.4. The fraction of sp³-hybridized carbons (Fsp3) is 0.417. The summed E-state index contributed by atoms with van der Waals surface area (Å²) in [6.07, 6.45) is 0.890. The van der Waals surface area contributed by atoms with Crippen molar-refractivity contribution in [3.8, 4) is 17.2 Å². The summed E-state index contributed by atoms with van der Waals surface area (Å²) in [4.78, 5) is 16.6. The Hall–Kier alpha value is -3.42. The van der Waals surface area contributed by atoms with E-state index in [1.807, 2.05) is 50.2 Å². The monoisotopic (exact) mass is 442 g/mol. The quantitative estimate of drug-likeness (QED) is 0.387. The molecule has 2 aromatic rings. The summed E-state index contributed by atoms with van der Waals surface area (Å²) in [6.45, 7) is 5.07. The largest absolute Gasteiger partial charge is 0.493 e. The lowest BCUT2D eigenvalue weighted by molar-refractivity contribution is 0.0939. The molecule has 0 heterocycles. The fourth-order valence-electron chi connectivity index (χ4n) is 3.06. The number of nitrogens with one attached hydrogen (secondary N) is 3. The molecule has 2 rings (SSSR count). The van der Waals surface area contributed by atoms with Gasteiger partial charge in [-0.25, -0.2) is 0 Å². The summed E-state index contributed by atoms with van der Waals surface area (Å²) in [6, 6.07) is 11.5. The Morgan fingerprint density at radius 1 is 0.969 bits per heavy atom. The molecule has 0 bridgehead atoms. The normalized spacial score (nSPS) is 12.0. The van der Waals surface area contributed by atoms with E-state index >= 15 is 0 Å². The number of benzene rings is 2. The lowest BCUT2D eigenvalue weighted by Gasteiger charge is -2.16. The molecule has 2 aromatic carbocycles. The number of aliphatic imine (C=N–C) groups is 1. The van der Waals surface area contributed by atoms with Gasteiger partial charge in [-0.05, 0) is 48.7 Å². The van der Waals surface area contributed by atoms with Crippen molar-refractivity contribution in [2.75, 3.05) is 28.4 Å². The summed E-state index contributed by atoms with van der Waals surface area (Å²) in [5, 5.41) is 9.54. The minimum atomic E-state index is -0.0638. The van der Waals surface area contributed by atoms with Gasteiger partial charge in [0.1, 0.15) is 0 Å². The zero-order chi connectivity index (χ0) is 23.5. The Kier molecular flexibility index (Phi) is 9.66. The highest BCUT2D eigenvalue weighted by Crippen LogP contribution is 2.38. The van der Waals surface area contributed by atoms with Gasteiger partial charge in [-0.1, -0.05) is 19.1 Å². The van der Waals surface area contributed by atoms with Gasteiger partial charge in [-0.2, -0.15) is 0 Å². The van der Waals surface area contributed by atoms with Crippen LogP contribution in [0, 0.1) is 0 Å². The second-order valence-electron chi connectivity index (χ2n) is 7.30. The van der Waals surface area contributed by atoms with Crippen LogP contribution in [0.4, 0.5) is 0 Å². The summed E-state index contributed by atoms with van der Waals surface area (Å²) >= 11 is 0. The van der Waals surface area contributed by atoms with Crippen molar-refractivity contribution in [3.05, 3.63) is 53.1 Å². The van der Waals surface area contributed by atoms with Crippen molar-refractivity contribution in [1.29, 1.82) is 0 Å². The molecule has 0 aliphatic carbocycles. The van der Waals surface area contributed by atoms with Crippen LogP contribution in [-0.4, -0.2) is 46.3 Å². The average molecular weight is 443 g/mol. The van der Waals surface area contributed by atoms with E-state index in [9.17, 15) is 4.79 Å². The first kappa shape index (κ1) is 24.8. The van der Waals surface area contributed by atoms with Gasteiger partial charge in [0, 0.05) is 31.7 Å². The topological polar surface area (TPSA) is 93.2 Å². The van der Waals surface area contributed by atoms with Gasteiger partial charge in [0.05, 0.1) is 21.3 Å². The van der Waals surface area contributed by atoms with E-state index in [1.165, 1.54) is 0 Å². The third-order valence-electron chi connectivity index (χ3n) is 5.05. The number of rotatable bonds is 10. The first-order valence-electron chi connectivity index (χ1n) is 10.6. The van der Waals surface area contributed by atoms with Crippen molar-refractivity contribution >= 4 is 11.9 Å². The number of hydrogen-bond acceptors (Lipinski definition) is 5. The van der Waals surface area contributed by atoms with Crippen LogP contribution in [0.25, 0.3) is 0 Å². The highest BCUT2D eigenvalue weighted by Gasteiger charge is 2.13. The van der Waals surface area contributed by atoms with Crippen molar-refractivity contribution in [3.63, 3.8) is 0 Å². The summed E-state index contributed by atoms with van der Waals surface area (Å²) in [5.74, 6) is 2.32. The maximum absolute atomic E-state index is 12.4. The highest BCUT2D eigenvalue weighted by molar-refractivity contribution is 5.94. The van der Waals surface area contributed by atoms with E-state index in [1.54, 1.807) is 28.4 Å². The van der Waals surface area contributed by atoms with Gasteiger partial charge < -0.3 is 30.2 Å². The third-order valence-corrected chi connectivity index (χ3v) is 5.05. The molecule has 0 aromatic heterocycles. The van der Waals surface area contributed by atoms with E-state index in [4.69, 9.17) is 14.2 Å². The molecule has 0 aliphatic rings. The number of guanidine groups is 1. The van der Waals surface area contributed by atoms with Gasteiger partial charge in [0.15, 0.2) is 17.5 Å². The number of ether oxygens (including phenoxy) is 3. The molecule has 0 saturated carbocycles. The fourth-order valence-corrected chi connectivity index (χ4v) is 3.06. The summed E-state index contributed by atoms with van der Waals surface area (Å²) in [7, 11) is 6.46. The van der Waals surface area contributed by atoms with Gasteiger partial charge in [-0.3, -0.25) is 9.79 Å². The molecule has 32 heavy (non-hydrogen) atoms. The highest BCUT2D eigenvalue weighted by atomic mass is 16.5. The van der Waals surface area contributed by atoms with Crippen LogP contribution in [-0.2, 0) is 13.1 Å². The van der Waals surface area contributed by atoms with Crippen LogP contribution < -0.4 is 30.2 Å². The number of hydrogen-bond donors (Lipinski definition) is 3. The molecule has 8 nitrogen and oxygen atoms in total. The third kappa shape index (κ3) is 6.80. The number of carbonyl (C=O) groups excluding carboxylic acids is 1. The van der Waals surface area contributed by atoms with Crippen molar-refractivity contribution in [1.82, 2.24) is 16.0 Å². The molecule has 0 aliphatic heterocycles. The van der Waals surface area contributed by atoms with Crippen LogP contribution in [0.15, 0.2) is 41.4 Å². The molecule has 0 radical (unpaired) electrons. The first-order valence-corrected chi connectivity index (χ1v) is 10.6. The van der Waals surface area contributed by atoms with Crippen molar-refractivity contribution in [2.24, 2.45) is 4.99 Å². The second kappa shape index (κ2) is 12.4. The molecule has 174 valence electrons. The first-order chi connectivity index (χ1) is 15.4. The zero-order valence-corrected chi connectivity index (χ0v) is 19.7. The lowest BCUT2D eigenvalue weighted by Crippen LogP contribution is -2.36. The van der Waals surface area contributed by atoms with Gasteiger partial charge in [0.25, 0.3) is 5.91 Å². The van der Waals surface area contributed by atoms with Crippen molar-refractivity contribution in [2.45, 2.75) is 39.4 Å². The van der Waals surface area contributed by atoms with Crippen molar-refractivity contribution < 1.29 is 19.0 Å². The Morgan fingerprint density at radius 3 is 2.12 bits per heavy atom. The van der Waals surface area contributed by atoms with Gasteiger partial charge in [-0.15, -0.1) is 0 Å². The van der Waals surface area contributed by atoms with Crippen LogP contribution >= 0.6 is 0 Å². The van der Waals surface area contributed by atoms with Gasteiger partial charge >= 0.3 is 0 Å². The molecular weight excluding hydrogens is 408 g/mol. The number of carbonyl (C=O) groups is 1. The molecule has 3 N–H and O–H groups in total. The molecule has 1 atom stereocenters. The second-order valence-corrected chi connectivity index (χ2v) is 7.30. The molecule has 0 spiro atoms. The molecular formula is C24H34N4O4. The zero-order valence-electron chi connectivity index (χ0n) is 19.7. The SMILES string of the molecule is CCC(C)NC(=O)c1cccc(CNC(=NC)NCc2cc(OC)c(OC)c(OC)c2)c1. The number of nitrogens with zero attached hydrogens (tertiary/aromatic N) is 1. The summed E-state index contributed by atoms with van der Waals surface area (Å²) in [5.41, 5.74) is 2.58. The average Bonchev–Trinajstić information content (AvgIpc) is 2.83. The van der Waals surface area contributed by atoms with Crippen LogP contribution in [0.1, 0.15) is 41.8 Å². The summed E-state index contributed by atoms with van der Waals surface area (Å²) < 4.78 is 16.2. The van der Waals surface area contributed by atoms with Crippen LogP contribution in [0.3, 0.4) is 0 Å². The molecule has 1 unspecified atom stereocenters. The number of methoxy groups -OCH3 is 3. The van der Waals surface area contributed by atoms with E-state index < -0.39 is 0 Å². The molecule has 0 fully saturated rings. The number of amides is 1. The maximum Gasteiger partial charge on any atom is 0.251 e. The van der Waals surface area contributed by atoms with E-state index in [0.29, 0.717) is 41.9 Å². The Bertz CT molecular complexity index is 905. The Morgan fingerprint density at radius 2 is 1.59 bits per heavy atom. The van der Waals surface area contributed by atoms with E-state index in [0.717, 1.165) is 17.5 Å². The molecule has 0 saturated heterocycles. The predicted octanol–water partition coefficient (Wildman–Crippen LogP) is 3.11. The minimum absolute atomic E-state index is 0.0638. The lowest BCUT2D eigenvalue weighted by atomic mass is 10.1. The molecule has 8 heteroatoms.